The number of rotatable bonds is 4. The van der Waals surface area contributed by atoms with E-state index in [-0.39, 0.29) is 17.0 Å². The highest BCUT2D eigenvalue weighted by molar-refractivity contribution is 6.07. The van der Waals surface area contributed by atoms with E-state index in [4.69, 9.17) is 5.73 Å². The number of halogens is 3. The fourth-order valence-corrected chi connectivity index (χ4v) is 4.10. The van der Waals surface area contributed by atoms with E-state index >= 15 is 0 Å². The van der Waals surface area contributed by atoms with Gasteiger partial charge in [0, 0.05) is 25.0 Å². The van der Waals surface area contributed by atoms with Gasteiger partial charge in [-0.25, -0.2) is 4.79 Å². The smallest absolute Gasteiger partial charge is 0.339 e. The largest absolute Gasteiger partial charge is 0.493 e. The van der Waals surface area contributed by atoms with Crippen molar-refractivity contribution in [1.29, 1.82) is 0 Å². The molecule has 0 saturated carbocycles. The third-order valence-corrected chi connectivity index (χ3v) is 5.76. The lowest BCUT2D eigenvalue weighted by molar-refractivity contribution is -0.199. The van der Waals surface area contributed by atoms with Gasteiger partial charge < -0.3 is 15.5 Å². The van der Waals surface area contributed by atoms with Crippen molar-refractivity contribution in [2.75, 3.05) is 13.1 Å². The second-order valence-corrected chi connectivity index (χ2v) is 7.78. The molecule has 0 bridgehead atoms. The Morgan fingerprint density at radius 3 is 2.47 bits per heavy atom. The van der Waals surface area contributed by atoms with Gasteiger partial charge >= 0.3 is 12.1 Å². The minimum atomic E-state index is -5.14. The van der Waals surface area contributed by atoms with Crippen LogP contribution < -0.4 is 10.6 Å². The first kappa shape index (κ1) is 21.9. The Morgan fingerprint density at radius 2 is 1.78 bits per heavy atom. The number of hydrogen-bond acceptors (Lipinski definition) is 4. The van der Waals surface area contributed by atoms with Crippen molar-refractivity contribution in [2.45, 2.75) is 31.5 Å². The van der Waals surface area contributed by atoms with Crippen LogP contribution in [0, 0.1) is 0 Å². The summed E-state index contributed by atoms with van der Waals surface area (Å²) in [5.41, 5.74) is 8.38. The predicted molar refractivity (Wildman–Crippen MR) is 112 cm³/mol. The van der Waals surface area contributed by atoms with E-state index in [0.29, 0.717) is 35.7 Å². The third-order valence-electron chi connectivity index (χ3n) is 5.76. The summed E-state index contributed by atoms with van der Waals surface area (Å²) in [5.74, 6) is -2.35. The van der Waals surface area contributed by atoms with Crippen molar-refractivity contribution in [3.8, 4) is 0 Å². The number of piperidine rings is 1. The maximum absolute atomic E-state index is 13.2. The van der Waals surface area contributed by atoms with Crippen molar-refractivity contribution < 1.29 is 27.6 Å². The lowest BCUT2D eigenvalue weighted by atomic mass is 9.88. The molecule has 2 aromatic carbocycles. The first-order valence-corrected chi connectivity index (χ1v) is 10.3. The molecule has 1 aliphatic rings. The molecule has 2 heterocycles. The summed E-state index contributed by atoms with van der Waals surface area (Å²) in [4.78, 5) is 30.7. The van der Waals surface area contributed by atoms with Crippen molar-refractivity contribution in [2.24, 2.45) is 5.73 Å². The summed E-state index contributed by atoms with van der Waals surface area (Å²) < 4.78 is 38.6. The summed E-state index contributed by atoms with van der Waals surface area (Å²) in [5, 5.41) is 0.422. The number of para-hydroxylation sites is 1. The van der Waals surface area contributed by atoms with Gasteiger partial charge in [-0.05, 0) is 36.0 Å². The van der Waals surface area contributed by atoms with Crippen molar-refractivity contribution in [3.05, 3.63) is 71.4 Å². The predicted octanol–water partition coefficient (Wildman–Crippen LogP) is 3.64. The zero-order valence-corrected chi connectivity index (χ0v) is 17.1. The van der Waals surface area contributed by atoms with Gasteiger partial charge in [-0.1, -0.05) is 42.5 Å². The molecule has 4 rings (SSSR count). The minimum Gasteiger partial charge on any atom is -0.339 e. The van der Waals surface area contributed by atoms with E-state index in [1.54, 1.807) is 23.1 Å². The highest BCUT2D eigenvalue weighted by Gasteiger charge is 2.42. The molecule has 1 fully saturated rings. The number of amides is 1. The highest BCUT2D eigenvalue weighted by atomic mass is 19.4. The molecule has 0 radical (unpaired) electrons. The van der Waals surface area contributed by atoms with Crippen LogP contribution in [0.5, 0.6) is 0 Å². The molecule has 3 aromatic rings. The Labute approximate surface area is 182 Å². The van der Waals surface area contributed by atoms with E-state index in [2.05, 4.69) is 17.0 Å². The maximum atomic E-state index is 13.2. The minimum absolute atomic E-state index is 0.194. The van der Waals surface area contributed by atoms with Crippen LogP contribution in [0.1, 0.15) is 40.2 Å². The maximum Gasteiger partial charge on any atom is 0.493 e. The molecular weight excluding hydrogens is 423 g/mol. The number of likely N-dealkylation sites (tertiary alicyclic amines) is 1. The molecule has 1 aliphatic heterocycles. The molecule has 2 N–H and O–H groups in total. The molecule has 0 aliphatic carbocycles. The van der Waals surface area contributed by atoms with E-state index in [1.165, 1.54) is 11.6 Å². The third kappa shape index (κ3) is 4.34. The lowest BCUT2D eigenvalue weighted by Crippen LogP contribution is -2.38. The zero-order valence-electron chi connectivity index (χ0n) is 17.1. The van der Waals surface area contributed by atoms with Gasteiger partial charge in [0.1, 0.15) is 0 Å². The average Bonchev–Trinajstić information content (AvgIpc) is 3.16. The van der Waals surface area contributed by atoms with Crippen molar-refractivity contribution in [3.63, 3.8) is 0 Å². The van der Waals surface area contributed by atoms with E-state index < -0.39 is 12.1 Å². The van der Waals surface area contributed by atoms with Crippen LogP contribution in [0.15, 0.2) is 54.7 Å². The summed E-state index contributed by atoms with van der Waals surface area (Å²) >= 11 is 0. The second-order valence-electron chi connectivity index (χ2n) is 7.78. The fourth-order valence-electron chi connectivity index (χ4n) is 4.10. The van der Waals surface area contributed by atoms with Gasteiger partial charge in [0.2, 0.25) is 0 Å². The highest BCUT2D eigenvalue weighted by Crippen LogP contribution is 2.30. The Balaban J connectivity index is 1.52. The summed E-state index contributed by atoms with van der Waals surface area (Å²) in [6.07, 6.45) is -2.46. The van der Waals surface area contributed by atoms with Crippen molar-refractivity contribution in [1.82, 2.24) is 9.63 Å². The molecule has 1 saturated heterocycles. The molecule has 0 unspecified atom stereocenters. The Hall–Kier alpha value is -3.33. The molecule has 32 heavy (non-hydrogen) atoms. The van der Waals surface area contributed by atoms with E-state index in [9.17, 15) is 22.8 Å². The van der Waals surface area contributed by atoms with E-state index in [0.717, 1.165) is 24.6 Å². The topological polar surface area (TPSA) is 77.6 Å². The van der Waals surface area contributed by atoms with Crippen LogP contribution in [-0.2, 0) is 11.3 Å². The Bertz CT molecular complexity index is 1150. The van der Waals surface area contributed by atoms with E-state index in [1.807, 2.05) is 12.1 Å². The molecule has 1 amide bonds. The van der Waals surface area contributed by atoms with Crippen LogP contribution in [0.25, 0.3) is 10.9 Å². The van der Waals surface area contributed by atoms with Crippen LogP contribution in [0.2, 0.25) is 0 Å². The number of aromatic nitrogens is 1. The summed E-state index contributed by atoms with van der Waals surface area (Å²) in [7, 11) is 0. The number of alkyl halides is 3. The van der Waals surface area contributed by atoms with Crippen LogP contribution in [0.4, 0.5) is 13.2 Å². The van der Waals surface area contributed by atoms with Gasteiger partial charge in [0.05, 0.1) is 17.3 Å². The first-order chi connectivity index (χ1) is 15.3. The fraction of sp³-hybridized carbons (Fsp3) is 0.304. The number of hydrogen-bond donors (Lipinski definition) is 1. The van der Waals surface area contributed by atoms with Gasteiger partial charge in [0.15, 0.2) is 0 Å². The standard InChI is InChI=1S/C23H22F3N3O3/c24-23(25,26)22(31)32-29-14-19(18-6-1-2-7-20(18)29)21(30)28-10-8-16(9-11-28)17-5-3-4-15(12-17)13-27/h1-7,12,14,16H,8-11,13,27H2. The summed E-state index contributed by atoms with van der Waals surface area (Å²) in [6.45, 7) is 1.49. The SMILES string of the molecule is NCc1cccc(C2CCN(C(=O)c3cn(OC(=O)C(F)(F)F)c4ccccc34)CC2)c1. The average molecular weight is 445 g/mol. The Morgan fingerprint density at radius 1 is 1.06 bits per heavy atom. The molecule has 9 heteroatoms. The molecule has 6 nitrogen and oxygen atoms in total. The molecule has 168 valence electrons. The van der Waals surface area contributed by atoms with Crippen LogP contribution in [-0.4, -0.2) is 40.8 Å². The van der Waals surface area contributed by atoms with Crippen molar-refractivity contribution >= 4 is 22.8 Å². The van der Waals surface area contributed by atoms with Gasteiger partial charge in [-0.15, -0.1) is 0 Å². The number of carbonyl (C=O) groups excluding carboxylic acids is 2. The molecular formula is C23H22F3N3O3. The lowest BCUT2D eigenvalue weighted by Gasteiger charge is -2.32. The zero-order chi connectivity index (χ0) is 22.9. The molecule has 0 atom stereocenters. The van der Waals surface area contributed by atoms with Gasteiger partial charge in [-0.2, -0.15) is 17.9 Å². The van der Waals surface area contributed by atoms with Gasteiger partial charge in [0.25, 0.3) is 5.91 Å². The Kier molecular flexibility index (Phi) is 5.92. The second kappa shape index (κ2) is 8.66. The van der Waals surface area contributed by atoms with Crippen LogP contribution >= 0.6 is 0 Å². The number of benzene rings is 2. The normalized spacial score (nSPS) is 15.2. The first-order valence-electron chi connectivity index (χ1n) is 10.3. The number of fused-ring (bicyclic) bond motifs is 1. The quantitative estimate of drug-likeness (QED) is 0.665. The number of carbonyl (C=O) groups is 2. The van der Waals surface area contributed by atoms with Gasteiger partial charge in [-0.3, -0.25) is 4.79 Å². The molecule has 1 aromatic heterocycles. The summed E-state index contributed by atoms with van der Waals surface area (Å²) in [6, 6.07) is 14.5. The monoisotopic (exact) mass is 445 g/mol. The van der Waals surface area contributed by atoms with Crippen LogP contribution in [0.3, 0.4) is 0 Å². The number of nitrogens with zero attached hydrogens (tertiary/aromatic N) is 2. The number of nitrogens with two attached hydrogens (primary N) is 1. The molecule has 0 spiro atoms.